The molecule has 1 aromatic carbocycles. The van der Waals surface area contributed by atoms with Crippen molar-refractivity contribution in [3.8, 4) is 0 Å². The summed E-state index contributed by atoms with van der Waals surface area (Å²) in [4.78, 5) is 21.4. The van der Waals surface area contributed by atoms with Crippen molar-refractivity contribution in [2.24, 2.45) is 0 Å². The summed E-state index contributed by atoms with van der Waals surface area (Å²) in [5.74, 6) is 0.814. The average molecular weight is 393 g/mol. The molecule has 0 radical (unpaired) electrons. The molecular weight excluding hydrogens is 360 g/mol. The fraction of sp³-hybridized carbons (Fsp3) is 0.458. The quantitative estimate of drug-likeness (QED) is 0.428. The Bertz CT molecular complexity index is 904. The molecule has 3 rings (SSSR count). The largest absolute Gasteiger partial charge is 0.342 e. The van der Waals surface area contributed by atoms with Crippen LogP contribution in [0.1, 0.15) is 81.0 Å². The van der Waals surface area contributed by atoms with Gasteiger partial charge in [0.05, 0.1) is 17.1 Å². The molecule has 154 valence electrons. The van der Waals surface area contributed by atoms with Crippen LogP contribution in [-0.4, -0.2) is 20.4 Å². The van der Waals surface area contributed by atoms with Gasteiger partial charge in [0.1, 0.15) is 5.82 Å². The number of nitrogens with zero attached hydrogens (tertiary/aromatic N) is 3. The van der Waals surface area contributed by atoms with Crippen LogP contribution in [0.5, 0.6) is 0 Å². The number of hydrogen-bond acceptors (Lipinski definition) is 3. The summed E-state index contributed by atoms with van der Waals surface area (Å²) in [5, 5.41) is 3.09. The molecule has 0 aliphatic carbocycles. The highest BCUT2D eigenvalue weighted by Crippen LogP contribution is 2.22. The molecule has 1 N–H and O–H groups in total. The first-order chi connectivity index (χ1) is 14.2. The standard InChI is InChI=1S/C24H32N4O/c1-3-4-5-6-7-8-11-18-28-22-13-10-9-12-21(22)27-23(28)19(2)26-24(29)20-14-16-25-17-15-20/h9-10,12-17,19H,3-8,11,18H2,1-2H3,(H,26,29). The van der Waals surface area contributed by atoms with E-state index < -0.39 is 0 Å². The number of imidazole rings is 1. The molecule has 0 spiro atoms. The highest BCUT2D eigenvalue weighted by Gasteiger charge is 2.18. The van der Waals surface area contributed by atoms with Gasteiger partial charge in [-0.15, -0.1) is 0 Å². The van der Waals surface area contributed by atoms with E-state index in [-0.39, 0.29) is 11.9 Å². The zero-order chi connectivity index (χ0) is 20.5. The molecule has 1 atom stereocenters. The molecule has 0 aliphatic heterocycles. The number of carbonyl (C=O) groups is 1. The molecule has 5 nitrogen and oxygen atoms in total. The second kappa shape index (κ2) is 10.7. The second-order valence-electron chi connectivity index (χ2n) is 7.66. The van der Waals surface area contributed by atoms with E-state index >= 15 is 0 Å². The van der Waals surface area contributed by atoms with E-state index in [1.54, 1.807) is 24.5 Å². The highest BCUT2D eigenvalue weighted by atomic mass is 16.1. The van der Waals surface area contributed by atoms with E-state index in [4.69, 9.17) is 4.98 Å². The fourth-order valence-corrected chi connectivity index (χ4v) is 3.73. The van der Waals surface area contributed by atoms with Crippen molar-refractivity contribution < 1.29 is 4.79 Å². The van der Waals surface area contributed by atoms with Gasteiger partial charge in [0, 0.05) is 24.5 Å². The maximum absolute atomic E-state index is 12.6. The number of unbranched alkanes of at least 4 members (excludes halogenated alkanes) is 6. The van der Waals surface area contributed by atoms with Gasteiger partial charge in [0.2, 0.25) is 0 Å². The maximum atomic E-state index is 12.6. The topological polar surface area (TPSA) is 59.8 Å². The number of carbonyl (C=O) groups excluding carboxylic acids is 1. The van der Waals surface area contributed by atoms with Gasteiger partial charge >= 0.3 is 0 Å². The third kappa shape index (κ3) is 5.66. The van der Waals surface area contributed by atoms with Gasteiger partial charge in [-0.3, -0.25) is 9.78 Å². The van der Waals surface area contributed by atoms with E-state index in [1.807, 2.05) is 19.1 Å². The van der Waals surface area contributed by atoms with E-state index in [2.05, 4.69) is 33.9 Å². The summed E-state index contributed by atoms with van der Waals surface area (Å²) in [6.07, 6.45) is 12.2. The van der Waals surface area contributed by atoms with Crippen LogP contribution in [0, 0.1) is 0 Å². The molecule has 0 bridgehead atoms. The smallest absolute Gasteiger partial charge is 0.251 e. The van der Waals surface area contributed by atoms with Crippen LogP contribution in [0.25, 0.3) is 11.0 Å². The van der Waals surface area contributed by atoms with E-state index in [0.717, 1.165) is 29.8 Å². The number of fused-ring (bicyclic) bond motifs is 1. The lowest BCUT2D eigenvalue weighted by Gasteiger charge is -2.16. The first kappa shape index (κ1) is 21.0. The predicted octanol–water partition coefficient (Wildman–Crippen LogP) is 5.67. The summed E-state index contributed by atoms with van der Waals surface area (Å²) in [7, 11) is 0. The summed E-state index contributed by atoms with van der Waals surface area (Å²) in [5.41, 5.74) is 2.73. The second-order valence-corrected chi connectivity index (χ2v) is 7.66. The third-order valence-corrected chi connectivity index (χ3v) is 5.35. The van der Waals surface area contributed by atoms with E-state index in [1.165, 1.54) is 38.5 Å². The van der Waals surface area contributed by atoms with Crippen LogP contribution in [-0.2, 0) is 6.54 Å². The minimum absolute atomic E-state index is 0.102. The maximum Gasteiger partial charge on any atom is 0.251 e. The normalized spacial score (nSPS) is 12.2. The van der Waals surface area contributed by atoms with Crippen LogP contribution < -0.4 is 5.32 Å². The number of amides is 1. The van der Waals surface area contributed by atoms with Crippen LogP contribution in [0.2, 0.25) is 0 Å². The Kier molecular flexibility index (Phi) is 7.79. The van der Waals surface area contributed by atoms with Gasteiger partial charge in [-0.1, -0.05) is 57.6 Å². The Morgan fingerprint density at radius 3 is 2.45 bits per heavy atom. The Morgan fingerprint density at radius 2 is 1.69 bits per heavy atom. The number of nitrogens with one attached hydrogen (secondary N) is 1. The molecule has 3 aromatic rings. The number of para-hydroxylation sites is 2. The Labute approximate surface area is 173 Å². The zero-order valence-corrected chi connectivity index (χ0v) is 17.6. The van der Waals surface area contributed by atoms with E-state index in [0.29, 0.717) is 5.56 Å². The minimum atomic E-state index is -0.174. The number of pyridine rings is 1. The molecule has 1 amide bonds. The first-order valence-corrected chi connectivity index (χ1v) is 10.9. The molecule has 0 fully saturated rings. The lowest BCUT2D eigenvalue weighted by Crippen LogP contribution is -2.28. The monoisotopic (exact) mass is 392 g/mol. The number of aromatic nitrogens is 3. The van der Waals surface area contributed by atoms with Gasteiger partial charge in [-0.05, 0) is 37.6 Å². The minimum Gasteiger partial charge on any atom is -0.342 e. The number of hydrogen-bond donors (Lipinski definition) is 1. The number of rotatable bonds is 11. The van der Waals surface area contributed by atoms with Gasteiger partial charge < -0.3 is 9.88 Å². The predicted molar refractivity (Wildman–Crippen MR) is 118 cm³/mol. The Morgan fingerprint density at radius 1 is 1.00 bits per heavy atom. The molecule has 0 saturated heterocycles. The molecule has 2 heterocycles. The molecule has 29 heavy (non-hydrogen) atoms. The summed E-state index contributed by atoms with van der Waals surface area (Å²) in [6.45, 7) is 5.18. The van der Waals surface area contributed by atoms with Crippen LogP contribution in [0.15, 0.2) is 48.8 Å². The van der Waals surface area contributed by atoms with Gasteiger partial charge in [0.25, 0.3) is 5.91 Å². The summed E-state index contributed by atoms with van der Waals surface area (Å²) >= 11 is 0. The molecule has 0 saturated carbocycles. The first-order valence-electron chi connectivity index (χ1n) is 10.9. The molecule has 1 unspecified atom stereocenters. The summed E-state index contributed by atoms with van der Waals surface area (Å²) in [6, 6.07) is 11.5. The van der Waals surface area contributed by atoms with Crippen molar-refractivity contribution in [3.05, 3.63) is 60.2 Å². The Balaban J connectivity index is 1.68. The zero-order valence-electron chi connectivity index (χ0n) is 17.6. The summed E-state index contributed by atoms with van der Waals surface area (Å²) < 4.78 is 2.28. The van der Waals surface area contributed by atoms with Crippen LogP contribution in [0.3, 0.4) is 0 Å². The Hall–Kier alpha value is -2.69. The lowest BCUT2D eigenvalue weighted by molar-refractivity contribution is 0.0937. The van der Waals surface area contributed by atoms with Crippen molar-refractivity contribution in [2.45, 2.75) is 71.4 Å². The molecule has 0 aliphatic rings. The van der Waals surface area contributed by atoms with E-state index in [9.17, 15) is 4.79 Å². The van der Waals surface area contributed by atoms with Crippen LogP contribution in [0.4, 0.5) is 0 Å². The molecule has 2 aromatic heterocycles. The fourth-order valence-electron chi connectivity index (χ4n) is 3.73. The van der Waals surface area contributed by atoms with Crippen LogP contribution >= 0.6 is 0 Å². The van der Waals surface area contributed by atoms with Crippen molar-refractivity contribution in [3.63, 3.8) is 0 Å². The van der Waals surface area contributed by atoms with Crippen molar-refractivity contribution in [1.82, 2.24) is 19.9 Å². The van der Waals surface area contributed by atoms with Crippen molar-refractivity contribution in [2.75, 3.05) is 0 Å². The molecular formula is C24H32N4O. The molecule has 5 heteroatoms. The third-order valence-electron chi connectivity index (χ3n) is 5.35. The lowest BCUT2D eigenvalue weighted by atomic mass is 10.1. The van der Waals surface area contributed by atoms with Crippen molar-refractivity contribution in [1.29, 1.82) is 0 Å². The number of benzene rings is 1. The van der Waals surface area contributed by atoms with Gasteiger partial charge in [-0.25, -0.2) is 4.98 Å². The number of aryl methyl sites for hydroxylation is 1. The highest BCUT2D eigenvalue weighted by molar-refractivity contribution is 5.94. The van der Waals surface area contributed by atoms with Crippen molar-refractivity contribution >= 4 is 16.9 Å². The van der Waals surface area contributed by atoms with Gasteiger partial charge in [0.15, 0.2) is 0 Å². The van der Waals surface area contributed by atoms with Gasteiger partial charge in [-0.2, -0.15) is 0 Å². The average Bonchev–Trinajstić information content (AvgIpc) is 3.12. The SMILES string of the molecule is CCCCCCCCCn1c(C(C)NC(=O)c2ccncc2)nc2ccccc21.